The summed E-state index contributed by atoms with van der Waals surface area (Å²) in [5.74, 6) is -0.872. The van der Waals surface area contributed by atoms with Gasteiger partial charge in [0.25, 0.3) is 5.91 Å². The highest BCUT2D eigenvalue weighted by atomic mass is 35.5. The summed E-state index contributed by atoms with van der Waals surface area (Å²) in [5, 5.41) is 3.94. The molecule has 22 heavy (non-hydrogen) atoms. The molecule has 0 aliphatic rings. The molecule has 0 unspecified atom stereocenters. The number of ether oxygens (including phenoxy) is 1. The Kier molecular flexibility index (Phi) is 5.21. The van der Waals surface area contributed by atoms with Crippen molar-refractivity contribution in [2.24, 2.45) is 5.10 Å². The number of aromatic nitrogens is 1. The Morgan fingerprint density at radius 1 is 1.27 bits per heavy atom. The normalized spacial score (nSPS) is 10.5. The highest BCUT2D eigenvalue weighted by Gasteiger charge is 2.09. The summed E-state index contributed by atoms with van der Waals surface area (Å²) in [4.78, 5) is 26.9. The van der Waals surface area contributed by atoms with E-state index in [0.29, 0.717) is 11.1 Å². The Morgan fingerprint density at radius 2 is 2.00 bits per heavy atom. The van der Waals surface area contributed by atoms with E-state index in [1.54, 1.807) is 36.4 Å². The molecule has 0 saturated carbocycles. The molecule has 0 fully saturated rings. The first kappa shape index (κ1) is 15.7. The van der Waals surface area contributed by atoms with E-state index in [1.165, 1.54) is 19.5 Å². The van der Waals surface area contributed by atoms with Crippen LogP contribution < -0.4 is 5.43 Å². The van der Waals surface area contributed by atoms with Gasteiger partial charge in [0.2, 0.25) is 0 Å². The number of nitrogens with one attached hydrogen (secondary N) is 1. The minimum atomic E-state index is -0.458. The summed E-state index contributed by atoms with van der Waals surface area (Å²) in [5.41, 5.74) is 3.74. The van der Waals surface area contributed by atoms with Crippen LogP contribution >= 0.6 is 11.6 Å². The fourth-order valence-electron chi connectivity index (χ4n) is 1.60. The maximum Gasteiger partial charge on any atom is 0.337 e. The second-order valence-electron chi connectivity index (χ2n) is 4.15. The highest BCUT2D eigenvalue weighted by Crippen LogP contribution is 2.10. The molecule has 1 heterocycles. The first-order valence-electron chi connectivity index (χ1n) is 6.24. The van der Waals surface area contributed by atoms with Gasteiger partial charge in [-0.15, -0.1) is 0 Å². The molecule has 2 rings (SSSR count). The molecule has 6 nitrogen and oxygen atoms in total. The number of carbonyl (C=O) groups is 2. The van der Waals surface area contributed by atoms with Crippen molar-refractivity contribution in [2.45, 2.75) is 0 Å². The van der Waals surface area contributed by atoms with Crippen molar-refractivity contribution >= 4 is 29.7 Å². The van der Waals surface area contributed by atoms with Gasteiger partial charge in [-0.05, 0) is 29.8 Å². The van der Waals surface area contributed by atoms with Gasteiger partial charge in [-0.3, -0.25) is 4.79 Å². The molecule has 1 aromatic heterocycles. The van der Waals surface area contributed by atoms with Crippen LogP contribution in [0.1, 0.15) is 26.3 Å². The van der Waals surface area contributed by atoms with Gasteiger partial charge in [-0.25, -0.2) is 15.2 Å². The molecule has 0 aliphatic heterocycles. The fraction of sp³-hybridized carbons (Fsp3) is 0.0667. The summed E-state index contributed by atoms with van der Waals surface area (Å²) < 4.78 is 4.60. The van der Waals surface area contributed by atoms with Crippen LogP contribution in [0.4, 0.5) is 0 Å². The smallest absolute Gasteiger partial charge is 0.337 e. The molecule has 1 N–H and O–H groups in total. The van der Waals surface area contributed by atoms with Gasteiger partial charge in [0.05, 0.1) is 24.5 Å². The number of hydrogen-bond donors (Lipinski definition) is 1. The van der Waals surface area contributed by atoms with Crippen LogP contribution in [-0.4, -0.2) is 30.2 Å². The first-order valence-corrected chi connectivity index (χ1v) is 6.62. The number of halogens is 1. The Hall–Kier alpha value is -2.73. The molecule has 112 valence electrons. The molecule has 7 heteroatoms. The van der Waals surface area contributed by atoms with E-state index in [2.05, 4.69) is 20.2 Å². The molecule has 0 atom stereocenters. The summed E-state index contributed by atoms with van der Waals surface area (Å²) in [6.07, 6.45) is 2.94. The quantitative estimate of drug-likeness (QED) is 0.406. The Bertz CT molecular complexity index is 714. The molecule has 1 amide bonds. The van der Waals surface area contributed by atoms with E-state index >= 15 is 0 Å². The van der Waals surface area contributed by atoms with Crippen LogP contribution in [0.5, 0.6) is 0 Å². The van der Waals surface area contributed by atoms with E-state index in [0.717, 1.165) is 0 Å². The fourth-order valence-corrected chi connectivity index (χ4v) is 1.81. The van der Waals surface area contributed by atoms with Crippen LogP contribution in [0.3, 0.4) is 0 Å². The van der Waals surface area contributed by atoms with Gasteiger partial charge in [0.1, 0.15) is 5.15 Å². The average molecular weight is 318 g/mol. The standard InChI is InChI=1S/C15H12ClN3O3/c1-22-15(21)11-6-4-10(5-7-11)9-18-19-14(20)12-3-2-8-17-13(12)16/h2-9H,1H3,(H,19,20)/b18-9+. The van der Waals surface area contributed by atoms with E-state index in [1.807, 2.05) is 0 Å². The number of carbonyl (C=O) groups excluding carboxylic acids is 2. The van der Waals surface area contributed by atoms with Gasteiger partial charge >= 0.3 is 5.97 Å². The molecule has 0 spiro atoms. The zero-order valence-electron chi connectivity index (χ0n) is 11.6. The molecule has 0 saturated heterocycles. The molecule has 0 radical (unpaired) electrons. The monoisotopic (exact) mass is 317 g/mol. The SMILES string of the molecule is COC(=O)c1ccc(/C=N/NC(=O)c2cccnc2Cl)cc1. The minimum Gasteiger partial charge on any atom is -0.465 e. The van der Waals surface area contributed by atoms with Crippen LogP contribution in [0.25, 0.3) is 0 Å². The number of esters is 1. The molecule has 0 bridgehead atoms. The Balaban J connectivity index is 1.99. The number of nitrogens with zero attached hydrogens (tertiary/aromatic N) is 2. The van der Waals surface area contributed by atoms with Crippen molar-refractivity contribution in [3.8, 4) is 0 Å². The lowest BCUT2D eigenvalue weighted by Crippen LogP contribution is -2.18. The largest absolute Gasteiger partial charge is 0.465 e. The predicted octanol–water partition coefficient (Wildman–Crippen LogP) is 2.29. The Morgan fingerprint density at radius 3 is 2.64 bits per heavy atom. The minimum absolute atomic E-state index is 0.109. The Labute approximate surface area is 131 Å². The third kappa shape index (κ3) is 3.89. The highest BCUT2D eigenvalue weighted by molar-refractivity contribution is 6.32. The van der Waals surface area contributed by atoms with Crippen molar-refractivity contribution in [3.63, 3.8) is 0 Å². The third-order valence-corrected chi connectivity index (χ3v) is 3.02. The molecule has 2 aromatic rings. The summed E-state index contributed by atoms with van der Waals surface area (Å²) >= 11 is 5.81. The second-order valence-corrected chi connectivity index (χ2v) is 4.51. The zero-order chi connectivity index (χ0) is 15.9. The maximum atomic E-state index is 11.8. The zero-order valence-corrected chi connectivity index (χ0v) is 12.4. The molecular formula is C15H12ClN3O3. The lowest BCUT2D eigenvalue weighted by molar-refractivity contribution is 0.0600. The van der Waals surface area contributed by atoms with Crippen molar-refractivity contribution in [3.05, 3.63) is 64.4 Å². The van der Waals surface area contributed by atoms with Gasteiger partial charge in [-0.2, -0.15) is 5.10 Å². The van der Waals surface area contributed by atoms with E-state index < -0.39 is 11.9 Å². The summed E-state index contributed by atoms with van der Waals surface area (Å²) in [6.45, 7) is 0. The number of amides is 1. The lowest BCUT2D eigenvalue weighted by atomic mass is 10.1. The lowest BCUT2D eigenvalue weighted by Gasteiger charge is -2.01. The predicted molar refractivity (Wildman–Crippen MR) is 82.1 cm³/mol. The number of hydrazone groups is 1. The van der Waals surface area contributed by atoms with Crippen LogP contribution in [0.2, 0.25) is 5.15 Å². The number of hydrogen-bond acceptors (Lipinski definition) is 5. The maximum absolute atomic E-state index is 11.8. The molecule has 0 aliphatic carbocycles. The molecular weight excluding hydrogens is 306 g/mol. The van der Waals surface area contributed by atoms with Gasteiger partial charge in [-0.1, -0.05) is 23.7 Å². The first-order chi connectivity index (χ1) is 10.6. The van der Waals surface area contributed by atoms with Crippen molar-refractivity contribution in [1.82, 2.24) is 10.4 Å². The number of benzene rings is 1. The molecule has 1 aromatic carbocycles. The van der Waals surface area contributed by atoms with Gasteiger partial charge in [0, 0.05) is 6.20 Å². The summed E-state index contributed by atoms with van der Waals surface area (Å²) in [6, 6.07) is 9.72. The number of methoxy groups -OCH3 is 1. The van der Waals surface area contributed by atoms with E-state index in [4.69, 9.17) is 11.6 Å². The second kappa shape index (κ2) is 7.33. The summed E-state index contributed by atoms with van der Waals surface area (Å²) in [7, 11) is 1.32. The number of pyridine rings is 1. The van der Waals surface area contributed by atoms with Crippen molar-refractivity contribution in [2.75, 3.05) is 7.11 Å². The van der Waals surface area contributed by atoms with Crippen molar-refractivity contribution in [1.29, 1.82) is 0 Å². The van der Waals surface area contributed by atoms with Gasteiger partial charge < -0.3 is 4.74 Å². The van der Waals surface area contributed by atoms with Crippen LogP contribution in [-0.2, 0) is 4.74 Å². The van der Waals surface area contributed by atoms with E-state index in [9.17, 15) is 9.59 Å². The number of rotatable bonds is 4. The van der Waals surface area contributed by atoms with Crippen molar-refractivity contribution < 1.29 is 14.3 Å². The third-order valence-electron chi connectivity index (χ3n) is 2.72. The topological polar surface area (TPSA) is 80.6 Å². The van der Waals surface area contributed by atoms with Crippen LogP contribution in [0.15, 0.2) is 47.7 Å². The average Bonchev–Trinajstić information content (AvgIpc) is 2.55. The van der Waals surface area contributed by atoms with Crippen LogP contribution in [0, 0.1) is 0 Å². The van der Waals surface area contributed by atoms with Gasteiger partial charge in [0.15, 0.2) is 0 Å². The van der Waals surface area contributed by atoms with E-state index in [-0.39, 0.29) is 10.7 Å².